The van der Waals surface area contributed by atoms with Crippen LogP contribution in [-0.4, -0.2) is 32.3 Å². The van der Waals surface area contributed by atoms with Crippen molar-refractivity contribution in [1.82, 2.24) is 10.6 Å². The van der Waals surface area contributed by atoms with Crippen LogP contribution in [0.2, 0.25) is 0 Å². The monoisotopic (exact) mass is 263 g/mol. The molecule has 2 amide bonds. The molecule has 1 heterocycles. The molecule has 1 fully saturated rings. The molecule has 2 rings (SSSR count). The van der Waals surface area contributed by atoms with E-state index in [1.54, 1.807) is 7.11 Å². The van der Waals surface area contributed by atoms with Gasteiger partial charge in [0.25, 0.3) is 0 Å². The van der Waals surface area contributed by atoms with Crippen molar-refractivity contribution >= 4 is 11.7 Å². The van der Waals surface area contributed by atoms with Gasteiger partial charge in [-0.2, -0.15) is 0 Å². The van der Waals surface area contributed by atoms with Crippen LogP contribution in [0.4, 0.5) is 10.5 Å². The first-order valence-corrected chi connectivity index (χ1v) is 6.71. The highest BCUT2D eigenvalue weighted by Gasteiger charge is 2.13. The molecule has 5 heteroatoms. The molecule has 104 valence electrons. The Morgan fingerprint density at radius 1 is 1.42 bits per heavy atom. The van der Waals surface area contributed by atoms with Gasteiger partial charge in [-0.05, 0) is 31.5 Å². The number of carbonyl (C=O) groups is 1. The number of piperidine rings is 1. The lowest BCUT2D eigenvalue weighted by atomic mass is 10.1. The van der Waals surface area contributed by atoms with E-state index in [4.69, 9.17) is 4.74 Å². The van der Waals surface area contributed by atoms with E-state index < -0.39 is 0 Å². The second-order valence-electron chi connectivity index (χ2n) is 4.68. The van der Waals surface area contributed by atoms with Crippen LogP contribution in [0.5, 0.6) is 5.75 Å². The van der Waals surface area contributed by atoms with Crippen molar-refractivity contribution in [2.45, 2.75) is 25.3 Å². The van der Waals surface area contributed by atoms with Crippen LogP contribution < -0.4 is 20.7 Å². The molecule has 5 nitrogen and oxygen atoms in total. The minimum atomic E-state index is -0.197. The molecular weight excluding hydrogens is 242 g/mol. The molecule has 1 atom stereocenters. The lowest BCUT2D eigenvalue weighted by molar-refractivity contribution is 0.249. The first kappa shape index (κ1) is 13.7. The predicted molar refractivity (Wildman–Crippen MR) is 75.7 cm³/mol. The van der Waals surface area contributed by atoms with Crippen molar-refractivity contribution in [3.05, 3.63) is 24.3 Å². The molecule has 0 spiro atoms. The van der Waals surface area contributed by atoms with E-state index in [0.29, 0.717) is 24.0 Å². The van der Waals surface area contributed by atoms with Gasteiger partial charge in [-0.15, -0.1) is 0 Å². The summed E-state index contributed by atoms with van der Waals surface area (Å²) < 4.78 is 5.19. The molecule has 1 aliphatic heterocycles. The highest BCUT2D eigenvalue weighted by atomic mass is 16.5. The van der Waals surface area contributed by atoms with E-state index in [2.05, 4.69) is 16.0 Å². The molecule has 0 aliphatic carbocycles. The van der Waals surface area contributed by atoms with Gasteiger partial charge in [-0.3, -0.25) is 0 Å². The number of rotatable bonds is 4. The number of hydrogen-bond donors (Lipinski definition) is 3. The minimum absolute atomic E-state index is 0.197. The number of urea groups is 1. The summed E-state index contributed by atoms with van der Waals surface area (Å²) in [6, 6.07) is 7.55. The molecule has 1 saturated heterocycles. The summed E-state index contributed by atoms with van der Waals surface area (Å²) in [7, 11) is 1.59. The second kappa shape index (κ2) is 6.99. The molecule has 1 aromatic carbocycles. The van der Waals surface area contributed by atoms with Gasteiger partial charge in [-0.25, -0.2) is 4.79 Å². The third kappa shape index (κ3) is 4.13. The smallest absolute Gasteiger partial charge is 0.319 e. The Balaban J connectivity index is 1.80. The maximum absolute atomic E-state index is 11.8. The Hall–Kier alpha value is -1.75. The molecule has 0 saturated carbocycles. The lowest BCUT2D eigenvalue weighted by Gasteiger charge is -2.23. The number of carbonyl (C=O) groups excluding carboxylic acids is 1. The highest BCUT2D eigenvalue weighted by molar-refractivity contribution is 5.90. The van der Waals surface area contributed by atoms with E-state index >= 15 is 0 Å². The zero-order valence-electron chi connectivity index (χ0n) is 11.2. The first-order chi connectivity index (χ1) is 9.29. The van der Waals surface area contributed by atoms with E-state index in [1.165, 1.54) is 12.8 Å². The summed E-state index contributed by atoms with van der Waals surface area (Å²) in [5.74, 6) is 0.661. The molecule has 3 N–H and O–H groups in total. The Morgan fingerprint density at radius 2 is 2.26 bits per heavy atom. The van der Waals surface area contributed by atoms with Crippen LogP contribution in [0.1, 0.15) is 19.3 Å². The summed E-state index contributed by atoms with van der Waals surface area (Å²) >= 11 is 0. The topological polar surface area (TPSA) is 62.4 Å². The lowest BCUT2D eigenvalue weighted by Crippen LogP contribution is -2.44. The highest BCUT2D eigenvalue weighted by Crippen LogP contribution is 2.22. The SMILES string of the molecule is COc1ccccc1NC(=O)NCC1CCCCN1. The van der Waals surface area contributed by atoms with Gasteiger partial charge >= 0.3 is 6.03 Å². The average molecular weight is 263 g/mol. The van der Waals surface area contributed by atoms with Crippen LogP contribution in [0.15, 0.2) is 24.3 Å². The van der Waals surface area contributed by atoms with Crippen molar-refractivity contribution in [3.8, 4) is 5.75 Å². The zero-order chi connectivity index (χ0) is 13.5. The molecule has 0 aromatic heterocycles. The van der Waals surface area contributed by atoms with E-state index in [1.807, 2.05) is 24.3 Å². The zero-order valence-corrected chi connectivity index (χ0v) is 11.2. The van der Waals surface area contributed by atoms with E-state index in [9.17, 15) is 4.79 Å². The molecule has 0 bridgehead atoms. The molecule has 1 unspecified atom stereocenters. The fourth-order valence-electron chi connectivity index (χ4n) is 2.23. The van der Waals surface area contributed by atoms with Gasteiger partial charge in [0.2, 0.25) is 0 Å². The third-order valence-corrected chi connectivity index (χ3v) is 3.28. The fourth-order valence-corrected chi connectivity index (χ4v) is 2.23. The number of anilines is 1. The number of para-hydroxylation sites is 2. The number of methoxy groups -OCH3 is 1. The van der Waals surface area contributed by atoms with Crippen LogP contribution in [-0.2, 0) is 0 Å². The fraction of sp³-hybridized carbons (Fsp3) is 0.500. The van der Waals surface area contributed by atoms with Gasteiger partial charge in [0.15, 0.2) is 0 Å². The third-order valence-electron chi connectivity index (χ3n) is 3.28. The van der Waals surface area contributed by atoms with Gasteiger partial charge < -0.3 is 20.7 Å². The van der Waals surface area contributed by atoms with E-state index in [-0.39, 0.29) is 6.03 Å². The van der Waals surface area contributed by atoms with Gasteiger partial charge in [0, 0.05) is 12.6 Å². The Kier molecular flexibility index (Phi) is 5.03. The van der Waals surface area contributed by atoms with Crippen molar-refractivity contribution in [1.29, 1.82) is 0 Å². The predicted octanol–water partition coefficient (Wildman–Crippen LogP) is 1.96. The van der Waals surface area contributed by atoms with Crippen LogP contribution in [0.3, 0.4) is 0 Å². The summed E-state index contributed by atoms with van der Waals surface area (Å²) in [5, 5.41) is 9.08. The Bertz CT molecular complexity index is 417. The number of nitrogens with one attached hydrogen (secondary N) is 3. The van der Waals surface area contributed by atoms with Gasteiger partial charge in [0.05, 0.1) is 12.8 Å². The van der Waals surface area contributed by atoms with Crippen LogP contribution in [0, 0.1) is 0 Å². The molecule has 0 radical (unpaired) electrons. The Labute approximate surface area is 113 Å². The van der Waals surface area contributed by atoms with Gasteiger partial charge in [0.1, 0.15) is 5.75 Å². The molecule has 1 aliphatic rings. The first-order valence-electron chi connectivity index (χ1n) is 6.71. The Morgan fingerprint density at radius 3 is 3.00 bits per heavy atom. The van der Waals surface area contributed by atoms with Crippen molar-refractivity contribution in [3.63, 3.8) is 0 Å². The maximum atomic E-state index is 11.8. The van der Waals surface area contributed by atoms with Crippen molar-refractivity contribution < 1.29 is 9.53 Å². The van der Waals surface area contributed by atoms with Crippen LogP contribution in [0.25, 0.3) is 0 Å². The summed E-state index contributed by atoms with van der Waals surface area (Å²) in [4.78, 5) is 11.8. The minimum Gasteiger partial charge on any atom is -0.495 e. The second-order valence-corrected chi connectivity index (χ2v) is 4.68. The average Bonchev–Trinajstić information content (AvgIpc) is 2.47. The normalized spacial score (nSPS) is 18.7. The van der Waals surface area contributed by atoms with Crippen LogP contribution >= 0.6 is 0 Å². The van der Waals surface area contributed by atoms with Gasteiger partial charge in [-0.1, -0.05) is 18.6 Å². The number of benzene rings is 1. The standard InChI is InChI=1S/C14H21N3O2/c1-19-13-8-3-2-7-12(13)17-14(18)16-10-11-6-4-5-9-15-11/h2-3,7-8,11,15H,4-6,9-10H2,1H3,(H2,16,17,18). The summed E-state index contributed by atoms with van der Waals surface area (Å²) in [6.07, 6.45) is 3.58. The molecule has 1 aromatic rings. The largest absolute Gasteiger partial charge is 0.495 e. The van der Waals surface area contributed by atoms with E-state index in [0.717, 1.165) is 13.0 Å². The van der Waals surface area contributed by atoms with Crippen molar-refractivity contribution in [2.24, 2.45) is 0 Å². The number of hydrogen-bond acceptors (Lipinski definition) is 3. The van der Waals surface area contributed by atoms with Crippen molar-refractivity contribution in [2.75, 3.05) is 25.5 Å². The quantitative estimate of drug-likeness (QED) is 0.778. The summed E-state index contributed by atoms with van der Waals surface area (Å²) in [6.45, 7) is 1.70. The molecule has 19 heavy (non-hydrogen) atoms. The number of ether oxygens (including phenoxy) is 1. The number of amides is 2. The molecular formula is C14H21N3O2. The summed E-state index contributed by atoms with van der Waals surface area (Å²) in [5.41, 5.74) is 0.680. The maximum Gasteiger partial charge on any atom is 0.319 e.